The van der Waals surface area contributed by atoms with Gasteiger partial charge in [-0.3, -0.25) is 9.89 Å². The third kappa shape index (κ3) is 2.84. The third-order valence-electron chi connectivity index (χ3n) is 3.56. The fraction of sp³-hybridized carbons (Fsp3) is 0.750. The summed E-state index contributed by atoms with van der Waals surface area (Å²) in [6.45, 7) is 4.93. The number of H-pyrrole nitrogens is 1. The molecule has 1 saturated carbocycles. The van der Waals surface area contributed by atoms with Crippen LogP contribution in [0.3, 0.4) is 0 Å². The number of hydrogen-bond donors (Lipinski definition) is 2. The van der Waals surface area contributed by atoms with Gasteiger partial charge >= 0.3 is 0 Å². The standard InChI is InChI=1S/C12H20N4O/c1-3-9-14-10(16-15-9)11(17)13-8-12(2)6-4-5-7-12/h3-8H2,1-2H3,(H,13,17)(H,14,15,16). The van der Waals surface area contributed by atoms with Gasteiger partial charge in [-0.05, 0) is 18.3 Å². The Kier molecular flexibility index (Phi) is 3.45. The van der Waals surface area contributed by atoms with E-state index in [0.29, 0.717) is 0 Å². The summed E-state index contributed by atoms with van der Waals surface area (Å²) in [5.74, 6) is 0.833. The molecule has 0 unspecified atom stereocenters. The smallest absolute Gasteiger partial charge is 0.290 e. The average molecular weight is 236 g/mol. The summed E-state index contributed by atoms with van der Waals surface area (Å²) in [5.41, 5.74) is 0.263. The van der Waals surface area contributed by atoms with Gasteiger partial charge in [0.15, 0.2) is 0 Å². The molecule has 1 heterocycles. The van der Waals surface area contributed by atoms with Gasteiger partial charge in [-0.25, -0.2) is 4.98 Å². The summed E-state index contributed by atoms with van der Waals surface area (Å²) in [7, 11) is 0. The number of aryl methyl sites for hydroxylation is 1. The molecule has 1 fully saturated rings. The van der Waals surface area contributed by atoms with Crippen LogP contribution in [-0.2, 0) is 6.42 Å². The van der Waals surface area contributed by atoms with Crippen molar-refractivity contribution in [2.75, 3.05) is 6.54 Å². The molecule has 0 radical (unpaired) electrons. The lowest BCUT2D eigenvalue weighted by Crippen LogP contribution is -2.34. The number of carbonyl (C=O) groups is 1. The molecule has 94 valence electrons. The summed E-state index contributed by atoms with van der Waals surface area (Å²) in [6, 6.07) is 0. The second-order valence-corrected chi connectivity index (χ2v) is 5.16. The van der Waals surface area contributed by atoms with E-state index in [4.69, 9.17) is 0 Å². The normalized spacial score (nSPS) is 18.2. The van der Waals surface area contributed by atoms with Crippen LogP contribution >= 0.6 is 0 Å². The largest absolute Gasteiger partial charge is 0.349 e. The van der Waals surface area contributed by atoms with Crippen LogP contribution in [0.2, 0.25) is 0 Å². The number of nitrogens with one attached hydrogen (secondary N) is 2. The Labute approximate surface area is 101 Å². The van der Waals surface area contributed by atoms with Gasteiger partial charge in [0, 0.05) is 13.0 Å². The van der Waals surface area contributed by atoms with Crippen LogP contribution in [-0.4, -0.2) is 27.6 Å². The first-order valence-electron chi connectivity index (χ1n) is 6.32. The Morgan fingerprint density at radius 3 is 2.76 bits per heavy atom. The quantitative estimate of drug-likeness (QED) is 0.835. The highest BCUT2D eigenvalue weighted by Gasteiger charge is 2.29. The predicted octanol–water partition coefficient (Wildman–Crippen LogP) is 1.68. The molecule has 0 bridgehead atoms. The van der Waals surface area contributed by atoms with Crippen LogP contribution in [0.1, 0.15) is 56.0 Å². The van der Waals surface area contributed by atoms with E-state index in [0.717, 1.165) is 18.8 Å². The SMILES string of the molecule is CCc1nc(C(=O)NCC2(C)CCCC2)n[nH]1. The molecule has 1 amide bonds. The van der Waals surface area contributed by atoms with E-state index in [-0.39, 0.29) is 17.1 Å². The zero-order valence-corrected chi connectivity index (χ0v) is 10.5. The fourth-order valence-corrected chi connectivity index (χ4v) is 2.33. The van der Waals surface area contributed by atoms with Crippen molar-refractivity contribution in [3.63, 3.8) is 0 Å². The van der Waals surface area contributed by atoms with Crippen LogP contribution < -0.4 is 5.32 Å². The van der Waals surface area contributed by atoms with Crippen LogP contribution in [0.25, 0.3) is 0 Å². The van der Waals surface area contributed by atoms with Crippen molar-refractivity contribution in [1.29, 1.82) is 0 Å². The lowest BCUT2D eigenvalue weighted by atomic mass is 9.89. The molecule has 17 heavy (non-hydrogen) atoms. The van der Waals surface area contributed by atoms with Gasteiger partial charge < -0.3 is 5.32 Å². The molecule has 1 aromatic rings. The molecular weight excluding hydrogens is 216 g/mol. The van der Waals surface area contributed by atoms with Crippen LogP contribution in [0.15, 0.2) is 0 Å². The molecule has 0 atom stereocenters. The van der Waals surface area contributed by atoms with E-state index in [2.05, 4.69) is 27.4 Å². The zero-order valence-electron chi connectivity index (χ0n) is 10.5. The number of carbonyl (C=O) groups excluding carboxylic acids is 1. The van der Waals surface area contributed by atoms with Crippen LogP contribution in [0.4, 0.5) is 0 Å². The number of nitrogens with zero attached hydrogens (tertiary/aromatic N) is 2. The minimum absolute atomic E-state index is 0.172. The molecule has 1 aliphatic rings. The van der Waals surface area contributed by atoms with Gasteiger partial charge in [-0.1, -0.05) is 26.7 Å². The van der Waals surface area contributed by atoms with Gasteiger partial charge in [0.05, 0.1) is 0 Å². The average Bonchev–Trinajstić information content (AvgIpc) is 2.95. The molecule has 5 nitrogen and oxygen atoms in total. The van der Waals surface area contributed by atoms with E-state index in [9.17, 15) is 4.79 Å². The van der Waals surface area contributed by atoms with Crippen LogP contribution in [0.5, 0.6) is 0 Å². The van der Waals surface area contributed by atoms with Gasteiger partial charge in [0.25, 0.3) is 5.91 Å². The van der Waals surface area contributed by atoms with Gasteiger partial charge in [-0.15, -0.1) is 5.10 Å². The molecule has 0 saturated heterocycles. The summed E-state index contributed by atoms with van der Waals surface area (Å²) in [6.07, 6.45) is 5.70. The molecule has 1 aliphatic carbocycles. The molecular formula is C12H20N4O. The Bertz CT molecular complexity index is 393. The summed E-state index contributed by atoms with van der Waals surface area (Å²) in [4.78, 5) is 15.9. The summed E-state index contributed by atoms with van der Waals surface area (Å²) in [5, 5.41) is 9.59. The van der Waals surface area contributed by atoms with Crippen molar-refractivity contribution in [2.45, 2.75) is 46.0 Å². The molecule has 0 spiro atoms. The lowest BCUT2D eigenvalue weighted by molar-refractivity contribution is 0.0924. The molecule has 2 N–H and O–H groups in total. The predicted molar refractivity (Wildman–Crippen MR) is 64.7 cm³/mol. The maximum atomic E-state index is 11.8. The zero-order chi connectivity index (χ0) is 12.3. The minimum Gasteiger partial charge on any atom is -0.349 e. The molecule has 0 aliphatic heterocycles. The van der Waals surface area contributed by atoms with Crippen molar-refractivity contribution >= 4 is 5.91 Å². The van der Waals surface area contributed by atoms with E-state index < -0.39 is 0 Å². The number of amides is 1. The highest BCUT2D eigenvalue weighted by Crippen LogP contribution is 2.36. The van der Waals surface area contributed by atoms with E-state index in [1.165, 1.54) is 25.7 Å². The van der Waals surface area contributed by atoms with E-state index in [1.54, 1.807) is 0 Å². The van der Waals surface area contributed by atoms with Gasteiger partial charge in [0.2, 0.25) is 5.82 Å². The topological polar surface area (TPSA) is 70.7 Å². The van der Waals surface area contributed by atoms with Crippen molar-refractivity contribution in [2.24, 2.45) is 5.41 Å². The monoisotopic (exact) mass is 236 g/mol. The second-order valence-electron chi connectivity index (χ2n) is 5.16. The first kappa shape index (κ1) is 12.1. The van der Waals surface area contributed by atoms with Gasteiger partial charge in [-0.2, -0.15) is 0 Å². The Hall–Kier alpha value is -1.39. The minimum atomic E-state index is -0.172. The van der Waals surface area contributed by atoms with Crippen molar-refractivity contribution in [3.8, 4) is 0 Å². The van der Waals surface area contributed by atoms with E-state index in [1.807, 2.05) is 6.92 Å². The Morgan fingerprint density at radius 1 is 1.47 bits per heavy atom. The molecule has 2 rings (SSSR count). The number of aromatic nitrogens is 3. The Balaban J connectivity index is 1.88. The van der Waals surface area contributed by atoms with Gasteiger partial charge in [0.1, 0.15) is 5.82 Å². The van der Waals surface area contributed by atoms with Crippen LogP contribution in [0, 0.1) is 5.41 Å². The van der Waals surface area contributed by atoms with Crippen molar-refractivity contribution in [3.05, 3.63) is 11.6 Å². The van der Waals surface area contributed by atoms with Crippen molar-refractivity contribution in [1.82, 2.24) is 20.5 Å². The lowest BCUT2D eigenvalue weighted by Gasteiger charge is -2.23. The number of rotatable bonds is 4. The summed E-state index contributed by atoms with van der Waals surface area (Å²) < 4.78 is 0. The maximum absolute atomic E-state index is 11.8. The molecule has 5 heteroatoms. The molecule has 1 aromatic heterocycles. The number of aromatic amines is 1. The first-order valence-corrected chi connectivity index (χ1v) is 6.32. The van der Waals surface area contributed by atoms with Crippen molar-refractivity contribution < 1.29 is 4.79 Å². The van der Waals surface area contributed by atoms with E-state index >= 15 is 0 Å². The highest BCUT2D eigenvalue weighted by molar-refractivity contribution is 5.90. The molecule has 0 aromatic carbocycles. The Morgan fingerprint density at radius 2 is 2.18 bits per heavy atom. The second kappa shape index (κ2) is 4.85. The first-order chi connectivity index (χ1) is 8.13. The highest BCUT2D eigenvalue weighted by atomic mass is 16.2. The third-order valence-corrected chi connectivity index (χ3v) is 3.56. The summed E-state index contributed by atoms with van der Waals surface area (Å²) >= 11 is 0. The fourth-order valence-electron chi connectivity index (χ4n) is 2.33. The number of hydrogen-bond acceptors (Lipinski definition) is 3. The maximum Gasteiger partial charge on any atom is 0.290 e.